The van der Waals surface area contributed by atoms with Crippen LogP contribution in [0.3, 0.4) is 0 Å². The molecule has 0 spiro atoms. The van der Waals surface area contributed by atoms with Crippen molar-refractivity contribution in [3.8, 4) is 16.9 Å². The van der Waals surface area contributed by atoms with Gasteiger partial charge in [0.15, 0.2) is 0 Å². The molecule has 0 aliphatic rings. The average Bonchev–Trinajstić information content (AvgIpc) is 2.85. The van der Waals surface area contributed by atoms with E-state index in [9.17, 15) is 5.11 Å². The van der Waals surface area contributed by atoms with Crippen molar-refractivity contribution in [3.05, 3.63) is 36.8 Å². The van der Waals surface area contributed by atoms with Gasteiger partial charge in [0.25, 0.3) is 0 Å². The van der Waals surface area contributed by atoms with E-state index in [1.54, 1.807) is 12.1 Å². The molecule has 114 valence electrons. The molecule has 0 amide bonds. The van der Waals surface area contributed by atoms with E-state index in [2.05, 4.69) is 19.4 Å². The summed E-state index contributed by atoms with van der Waals surface area (Å²) in [6.07, 6.45) is 3.50. The number of benzene rings is 1. The number of nitrogens with zero attached hydrogens (tertiary/aromatic N) is 4. The summed E-state index contributed by atoms with van der Waals surface area (Å²) in [5, 5.41) is 10.5. The summed E-state index contributed by atoms with van der Waals surface area (Å²) in [5.41, 5.74) is 8.71. The molecule has 0 atom stereocenters. The summed E-state index contributed by atoms with van der Waals surface area (Å²) in [4.78, 5) is 10.6. The second-order valence-electron chi connectivity index (χ2n) is 5.55. The highest BCUT2D eigenvalue weighted by Crippen LogP contribution is 2.33. The van der Waals surface area contributed by atoms with Crippen LogP contribution in [0.1, 0.15) is 0 Å². The van der Waals surface area contributed by atoms with Gasteiger partial charge in [-0.3, -0.25) is 0 Å². The van der Waals surface area contributed by atoms with Gasteiger partial charge in [-0.05, 0) is 31.8 Å². The Bertz CT molecular complexity index is 809. The minimum absolute atomic E-state index is 0.224. The van der Waals surface area contributed by atoms with Gasteiger partial charge in [-0.15, -0.1) is 0 Å². The Kier molecular flexibility index (Phi) is 3.68. The van der Waals surface area contributed by atoms with Crippen molar-refractivity contribution >= 4 is 16.9 Å². The first kappa shape index (κ1) is 14.3. The number of likely N-dealkylation sites (N-methyl/N-ethyl adjacent to an activating group) is 1. The number of phenols is 1. The van der Waals surface area contributed by atoms with Gasteiger partial charge < -0.3 is 20.3 Å². The second-order valence-corrected chi connectivity index (χ2v) is 5.55. The zero-order valence-corrected chi connectivity index (χ0v) is 12.7. The largest absolute Gasteiger partial charge is 0.508 e. The summed E-state index contributed by atoms with van der Waals surface area (Å²) < 4.78 is 2.08. The molecule has 0 bridgehead atoms. The van der Waals surface area contributed by atoms with Gasteiger partial charge in [0, 0.05) is 24.8 Å². The van der Waals surface area contributed by atoms with Gasteiger partial charge in [0.1, 0.15) is 23.5 Å². The topological polar surface area (TPSA) is 80.2 Å². The quantitative estimate of drug-likeness (QED) is 0.769. The lowest BCUT2D eigenvalue weighted by Crippen LogP contribution is -2.18. The third-order valence-corrected chi connectivity index (χ3v) is 3.63. The average molecular weight is 297 g/mol. The predicted molar refractivity (Wildman–Crippen MR) is 87.6 cm³/mol. The predicted octanol–water partition coefficient (Wildman–Crippen LogP) is 1.95. The number of aromatic hydroxyl groups is 1. The Morgan fingerprint density at radius 3 is 2.82 bits per heavy atom. The monoisotopic (exact) mass is 297 g/mol. The highest BCUT2D eigenvalue weighted by Gasteiger charge is 2.15. The van der Waals surface area contributed by atoms with Gasteiger partial charge in [-0.2, -0.15) is 0 Å². The molecular formula is C16H19N5O. The highest BCUT2D eigenvalue weighted by atomic mass is 16.3. The van der Waals surface area contributed by atoms with E-state index in [1.807, 2.05) is 32.4 Å². The van der Waals surface area contributed by atoms with Crippen molar-refractivity contribution in [3.63, 3.8) is 0 Å². The Hall–Kier alpha value is -2.60. The van der Waals surface area contributed by atoms with Crippen LogP contribution in [0, 0.1) is 0 Å². The Morgan fingerprint density at radius 1 is 1.27 bits per heavy atom. The van der Waals surface area contributed by atoms with E-state index in [4.69, 9.17) is 5.73 Å². The summed E-state index contributed by atoms with van der Waals surface area (Å²) in [6, 6.07) is 7.12. The first-order valence-corrected chi connectivity index (χ1v) is 7.09. The SMILES string of the molecule is CN(C)CCn1cc(-c2cccc(O)c2)c2c(N)ncnc21. The van der Waals surface area contributed by atoms with Crippen LogP contribution >= 0.6 is 0 Å². The van der Waals surface area contributed by atoms with Crippen LogP contribution in [0.2, 0.25) is 0 Å². The number of phenolic OH excluding ortho intramolecular Hbond substituents is 1. The third-order valence-electron chi connectivity index (χ3n) is 3.63. The van der Waals surface area contributed by atoms with Crippen molar-refractivity contribution in [1.82, 2.24) is 19.4 Å². The number of nitrogen functional groups attached to an aromatic ring is 1. The van der Waals surface area contributed by atoms with Gasteiger partial charge in [0.05, 0.1) is 5.39 Å². The molecule has 3 N–H and O–H groups in total. The minimum Gasteiger partial charge on any atom is -0.508 e. The van der Waals surface area contributed by atoms with Crippen molar-refractivity contribution < 1.29 is 5.11 Å². The molecule has 3 rings (SSSR count). The highest BCUT2D eigenvalue weighted by molar-refractivity contribution is 6.00. The maximum absolute atomic E-state index is 9.72. The van der Waals surface area contributed by atoms with E-state index in [1.165, 1.54) is 6.33 Å². The normalized spacial score (nSPS) is 11.4. The van der Waals surface area contributed by atoms with E-state index >= 15 is 0 Å². The molecule has 0 unspecified atom stereocenters. The molecule has 0 aliphatic carbocycles. The Balaban J connectivity index is 2.17. The van der Waals surface area contributed by atoms with Crippen molar-refractivity contribution in [2.45, 2.75) is 6.54 Å². The second kappa shape index (κ2) is 5.65. The molecule has 1 aromatic carbocycles. The minimum atomic E-state index is 0.224. The van der Waals surface area contributed by atoms with E-state index < -0.39 is 0 Å². The molecule has 3 aromatic rings. The summed E-state index contributed by atoms with van der Waals surface area (Å²) in [6.45, 7) is 1.70. The standard InChI is InChI=1S/C16H19N5O/c1-20(2)6-7-21-9-13(11-4-3-5-12(22)8-11)14-15(17)18-10-19-16(14)21/h3-5,8-10,22H,6-7H2,1-2H3,(H2,17,18,19). The maximum atomic E-state index is 9.72. The van der Waals surface area contributed by atoms with Crippen molar-refractivity contribution in [1.29, 1.82) is 0 Å². The van der Waals surface area contributed by atoms with Crippen LogP contribution in [-0.2, 0) is 6.54 Å². The smallest absolute Gasteiger partial charge is 0.146 e. The number of hydrogen-bond donors (Lipinski definition) is 2. The zero-order valence-electron chi connectivity index (χ0n) is 12.7. The van der Waals surface area contributed by atoms with Gasteiger partial charge in [-0.1, -0.05) is 12.1 Å². The number of nitrogens with two attached hydrogens (primary N) is 1. The lowest BCUT2D eigenvalue weighted by molar-refractivity contribution is 0.386. The lowest BCUT2D eigenvalue weighted by atomic mass is 10.1. The molecule has 6 heteroatoms. The summed E-state index contributed by atoms with van der Waals surface area (Å²) in [5.74, 6) is 0.675. The van der Waals surface area contributed by atoms with Crippen LogP contribution in [0.25, 0.3) is 22.2 Å². The molecule has 0 aliphatic heterocycles. The molecule has 2 aromatic heterocycles. The fraction of sp³-hybridized carbons (Fsp3) is 0.250. The fourth-order valence-corrected chi connectivity index (χ4v) is 2.52. The molecule has 2 heterocycles. The van der Waals surface area contributed by atoms with Crippen LogP contribution in [0.5, 0.6) is 5.75 Å². The van der Waals surface area contributed by atoms with E-state index in [0.717, 1.165) is 35.2 Å². The molecule has 0 saturated heterocycles. The molecule has 0 fully saturated rings. The fourth-order valence-electron chi connectivity index (χ4n) is 2.52. The number of rotatable bonds is 4. The number of aromatic nitrogens is 3. The Morgan fingerprint density at radius 2 is 2.09 bits per heavy atom. The first-order valence-electron chi connectivity index (χ1n) is 7.09. The van der Waals surface area contributed by atoms with Crippen LogP contribution in [0.4, 0.5) is 5.82 Å². The molecule has 0 radical (unpaired) electrons. The molecule has 0 saturated carbocycles. The van der Waals surface area contributed by atoms with E-state index in [-0.39, 0.29) is 5.75 Å². The van der Waals surface area contributed by atoms with Gasteiger partial charge in [-0.25, -0.2) is 9.97 Å². The summed E-state index contributed by atoms with van der Waals surface area (Å²) >= 11 is 0. The van der Waals surface area contributed by atoms with E-state index in [0.29, 0.717) is 5.82 Å². The van der Waals surface area contributed by atoms with Crippen LogP contribution < -0.4 is 5.73 Å². The lowest BCUT2D eigenvalue weighted by Gasteiger charge is -2.10. The van der Waals surface area contributed by atoms with Gasteiger partial charge >= 0.3 is 0 Å². The number of hydrogen-bond acceptors (Lipinski definition) is 5. The van der Waals surface area contributed by atoms with Crippen LogP contribution in [-0.4, -0.2) is 45.2 Å². The maximum Gasteiger partial charge on any atom is 0.146 e. The molecule has 22 heavy (non-hydrogen) atoms. The van der Waals surface area contributed by atoms with Crippen molar-refractivity contribution in [2.75, 3.05) is 26.4 Å². The first-order chi connectivity index (χ1) is 10.6. The summed E-state index contributed by atoms with van der Waals surface area (Å²) in [7, 11) is 4.07. The molecule has 6 nitrogen and oxygen atoms in total. The third kappa shape index (κ3) is 2.60. The zero-order chi connectivity index (χ0) is 15.7. The number of fused-ring (bicyclic) bond motifs is 1. The molecular weight excluding hydrogens is 278 g/mol. The van der Waals surface area contributed by atoms with Crippen molar-refractivity contribution in [2.24, 2.45) is 0 Å². The number of anilines is 1. The van der Waals surface area contributed by atoms with Gasteiger partial charge in [0.2, 0.25) is 0 Å². The van der Waals surface area contributed by atoms with Crippen LogP contribution in [0.15, 0.2) is 36.8 Å². The Labute approximate surface area is 128 Å².